The molecular weight excluding hydrogens is 476 g/mol. The van der Waals surface area contributed by atoms with Gasteiger partial charge >= 0.3 is 5.97 Å². The molecule has 1 saturated heterocycles. The van der Waals surface area contributed by atoms with Crippen molar-refractivity contribution < 1.29 is 19.1 Å². The van der Waals surface area contributed by atoms with Gasteiger partial charge in [0.2, 0.25) is 11.8 Å². The zero-order valence-corrected chi connectivity index (χ0v) is 25.1. The zero-order valence-electron chi connectivity index (χ0n) is 25.1. The molecule has 0 bridgehead atoms. The van der Waals surface area contributed by atoms with Gasteiger partial charge in [-0.3, -0.25) is 19.3 Å². The molecule has 0 aromatic carbocycles. The minimum Gasteiger partial charge on any atom is -0.466 e. The van der Waals surface area contributed by atoms with E-state index in [1.54, 1.807) is 0 Å². The molecule has 0 aromatic rings. The van der Waals surface area contributed by atoms with Crippen molar-refractivity contribution in [1.82, 2.24) is 9.80 Å². The fraction of sp³-hybridized carbons (Fsp3) is 0.906. The molecule has 0 aliphatic carbocycles. The molecule has 0 radical (unpaired) electrons. The molecule has 6 nitrogen and oxygen atoms in total. The van der Waals surface area contributed by atoms with Crippen LogP contribution in [0.15, 0.2) is 0 Å². The second kappa shape index (κ2) is 24.6. The lowest BCUT2D eigenvalue weighted by molar-refractivity contribution is -0.144. The molecule has 222 valence electrons. The Bertz CT molecular complexity index is 594. The van der Waals surface area contributed by atoms with Gasteiger partial charge in [-0.15, -0.1) is 0 Å². The molecule has 1 aliphatic heterocycles. The van der Waals surface area contributed by atoms with Crippen LogP contribution >= 0.6 is 0 Å². The SMILES string of the molecule is CCCCCCCCCOC(=O)CCCCCCCN(CCCCCCCC)CCCN1C(=O)CCC1=O. The second-order valence-electron chi connectivity index (χ2n) is 11.3. The lowest BCUT2D eigenvalue weighted by Gasteiger charge is -2.23. The maximum atomic E-state index is 11.9. The largest absolute Gasteiger partial charge is 0.466 e. The van der Waals surface area contributed by atoms with Crippen molar-refractivity contribution in [3.63, 3.8) is 0 Å². The standard InChI is InChI=1S/C32H60N2O4/c1-3-5-7-9-11-16-20-29-38-32(37)22-17-13-12-15-19-26-33(25-18-14-10-8-6-4-2)27-21-28-34-30(35)23-24-31(34)36/h3-29H2,1-2H3. The number of hydrogen-bond donors (Lipinski definition) is 0. The van der Waals surface area contributed by atoms with Crippen LogP contribution in [-0.4, -0.2) is 60.4 Å². The summed E-state index contributed by atoms with van der Waals surface area (Å²) in [6, 6.07) is 0. The van der Waals surface area contributed by atoms with E-state index < -0.39 is 0 Å². The summed E-state index contributed by atoms with van der Waals surface area (Å²) in [6.45, 7) is 8.79. The Morgan fingerprint density at radius 2 is 1.08 bits per heavy atom. The number of rotatable bonds is 27. The van der Waals surface area contributed by atoms with E-state index in [-0.39, 0.29) is 17.8 Å². The van der Waals surface area contributed by atoms with Crippen LogP contribution in [0, 0.1) is 0 Å². The minimum atomic E-state index is -0.0314. The molecular formula is C32H60N2O4. The first kappa shape index (κ1) is 34.6. The molecule has 0 saturated carbocycles. The Morgan fingerprint density at radius 1 is 0.632 bits per heavy atom. The van der Waals surface area contributed by atoms with Crippen LogP contribution in [0.5, 0.6) is 0 Å². The molecule has 0 N–H and O–H groups in total. The van der Waals surface area contributed by atoms with Crippen molar-refractivity contribution in [2.75, 3.05) is 32.8 Å². The predicted molar refractivity (Wildman–Crippen MR) is 157 cm³/mol. The summed E-state index contributed by atoms with van der Waals surface area (Å²) in [6.07, 6.45) is 24.2. The normalized spacial score (nSPS) is 13.7. The smallest absolute Gasteiger partial charge is 0.305 e. The average molecular weight is 537 g/mol. The van der Waals surface area contributed by atoms with E-state index >= 15 is 0 Å². The van der Waals surface area contributed by atoms with Crippen molar-refractivity contribution in [3.05, 3.63) is 0 Å². The molecule has 0 unspecified atom stereocenters. The molecule has 1 heterocycles. The summed E-state index contributed by atoms with van der Waals surface area (Å²) in [5, 5.41) is 0. The van der Waals surface area contributed by atoms with Gasteiger partial charge in [0.1, 0.15) is 0 Å². The first-order valence-corrected chi connectivity index (χ1v) is 16.3. The fourth-order valence-electron chi connectivity index (χ4n) is 5.23. The Kier molecular flexibility index (Phi) is 22.4. The van der Waals surface area contributed by atoms with Crippen LogP contribution in [0.2, 0.25) is 0 Å². The highest BCUT2D eigenvalue weighted by atomic mass is 16.5. The van der Waals surface area contributed by atoms with E-state index in [0.29, 0.717) is 32.4 Å². The summed E-state index contributed by atoms with van der Waals surface area (Å²) in [7, 11) is 0. The minimum absolute atomic E-state index is 0.000777. The molecule has 2 amide bonds. The summed E-state index contributed by atoms with van der Waals surface area (Å²) in [4.78, 5) is 39.7. The number of hydrogen-bond acceptors (Lipinski definition) is 5. The van der Waals surface area contributed by atoms with Crippen molar-refractivity contribution in [3.8, 4) is 0 Å². The fourth-order valence-corrected chi connectivity index (χ4v) is 5.23. The lowest BCUT2D eigenvalue weighted by atomic mass is 10.1. The van der Waals surface area contributed by atoms with Crippen molar-refractivity contribution in [2.24, 2.45) is 0 Å². The van der Waals surface area contributed by atoms with E-state index in [0.717, 1.165) is 51.7 Å². The number of nitrogens with zero attached hydrogens (tertiary/aromatic N) is 2. The number of carbonyl (C=O) groups is 3. The van der Waals surface area contributed by atoms with E-state index in [1.807, 2.05) is 0 Å². The topological polar surface area (TPSA) is 66.9 Å². The molecule has 6 heteroatoms. The third-order valence-electron chi connectivity index (χ3n) is 7.70. The van der Waals surface area contributed by atoms with Crippen LogP contribution in [-0.2, 0) is 19.1 Å². The monoisotopic (exact) mass is 536 g/mol. The number of carbonyl (C=O) groups excluding carboxylic acids is 3. The second-order valence-corrected chi connectivity index (χ2v) is 11.3. The van der Waals surface area contributed by atoms with Gasteiger partial charge in [-0.25, -0.2) is 0 Å². The third kappa shape index (κ3) is 18.8. The van der Waals surface area contributed by atoms with Crippen LogP contribution in [0.4, 0.5) is 0 Å². The van der Waals surface area contributed by atoms with Gasteiger partial charge in [0, 0.05) is 25.8 Å². The molecule has 1 aliphatic rings. The lowest BCUT2D eigenvalue weighted by Crippen LogP contribution is -2.34. The summed E-state index contributed by atoms with van der Waals surface area (Å²) in [5.41, 5.74) is 0. The van der Waals surface area contributed by atoms with Gasteiger partial charge < -0.3 is 9.64 Å². The molecule has 0 aromatic heterocycles. The number of unbranched alkanes of at least 4 members (excludes halogenated alkanes) is 15. The Balaban J connectivity index is 2.10. The predicted octanol–water partition coefficient (Wildman–Crippen LogP) is 7.82. The van der Waals surface area contributed by atoms with Gasteiger partial charge in [-0.2, -0.15) is 0 Å². The number of imide groups is 1. The molecule has 0 atom stereocenters. The van der Waals surface area contributed by atoms with Gasteiger partial charge in [-0.05, 0) is 51.7 Å². The third-order valence-corrected chi connectivity index (χ3v) is 7.70. The van der Waals surface area contributed by atoms with Crippen LogP contribution in [0.3, 0.4) is 0 Å². The molecule has 0 spiro atoms. The highest BCUT2D eigenvalue weighted by Crippen LogP contribution is 2.14. The number of likely N-dealkylation sites (tertiary alicyclic amines) is 1. The molecule has 38 heavy (non-hydrogen) atoms. The Labute approximate surface area is 234 Å². The highest BCUT2D eigenvalue weighted by molar-refractivity contribution is 6.01. The average Bonchev–Trinajstić information content (AvgIpc) is 3.23. The van der Waals surface area contributed by atoms with Crippen molar-refractivity contribution in [1.29, 1.82) is 0 Å². The maximum Gasteiger partial charge on any atom is 0.305 e. The van der Waals surface area contributed by atoms with Crippen LogP contribution in [0.25, 0.3) is 0 Å². The summed E-state index contributed by atoms with van der Waals surface area (Å²) >= 11 is 0. The van der Waals surface area contributed by atoms with E-state index in [1.165, 1.54) is 94.8 Å². The number of ether oxygens (including phenoxy) is 1. The molecule has 1 rings (SSSR count). The first-order valence-electron chi connectivity index (χ1n) is 16.3. The van der Waals surface area contributed by atoms with E-state index in [9.17, 15) is 14.4 Å². The number of amides is 2. The van der Waals surface area contributed by atoms with Crippen molar-refractivity contribution >= 4 is 17.8 Å². The van der Waals surface area contributed by atoms with Crippen molar-refractivity contribution in [2.45, 2.75) is 155 Å². The van der Waals surface area contributed by atoms with Gasteiger partial charge in [0.05, 0.1) is 6.61 Å². The summed E-state index contributed by atoms with van der Waals surface area (Å²) in [5.74, 6) is -0.0330. The Hall–Kier alpha value is -1.43. The Morgan fingerprint density at radius 3 is 1.63 bits per heavy atom. The van der Waals surface area contributed by atoms with E-state index in [4.69, 9.17) is 4.74 Å². The van der Waals surface area contributed by atoms with Gasteiger partial charge in [0.15, 0.2) is 0 Å². The van der Waals surface area contributed by atoms with Crippen LogP contribution < -0.4 is 0 Å². The maximum absolute atomic E-state index is 11.9. The highest BCUT2D eigenvalue weighted by Gasteiger charge is 2.28. The zero-order chi connectivity index (χ0) is 27.7. The quantitative estimate of drug-likeness (QED) is 0.0608. The van der Waals surface area contributed by atoms with Gasteiger partial charge in [0.25, 0.3) is 0 Å². The van der Waals surface area contributed by atoms with Gasteiger partial charge in [-0.1, -0.05) is 104 Å². The first-order chi connectivity index (χ1) is 18.6. The van der Waals surface area contributed by atoms with E-state index in [2.05, 4.69) is 18.7 Å². The summed E-state index contributed by atoms with van der Waals surface area (Å²) < 4.78 is 5.39. The van der Waals surface area contributed by atoms with Crippen LogP contribution in [0.1, 0.15) is 155 Å². The number of esters is 1. The molecule has 1 fully saturated rings.